The van der Waals surface area contributed by atoms with Gasteiger partial charge in [0.1, 0.15) is 11.8 Å². The Kier molecular flexibility index (Phi) is 7.48. The summed E-state index contributed by atoms with van der Waals surface area (Å²) in [6.07, 6.45) is 8.14. The number of quaternary nitrogens is 1. The van der Waals surface area contributed by atoms with Crippen molar-refractivity contribution in [1.82, 2.24) is 0 Å². The van der Waals surface area contributed by atoms with Crippen LogP contribution < -0.4 is 5.32 Å². The van der Waals surface area contributed by atoms with E-state index in [0.29, 0.717) is 0 Å². The van der Waals surface area contributed by atoms with E-state index < -0.39 is 0 Å². The maximum absolute atomic E-state index is 8.42. The van der Waals surface area contributed by atoms with Crippen molar-refractivity contribution >= 4 is 6.21 Å². The lowest BCUT2D eigenvalue weighted by molar-refractivity contribution is -0.702. The Morgan fingerprint density at radius 2 is 1.86 bits per heavy atom. The fourth-order valence-corrected chi connectivity index (χ4v) is 1.42. The molecule has 0 aliphatic rings. The van der Waals surface area contributed by atoms with Gasteiger partial charge in [-0.1, -0.05) is 31.3 Å². The van der Waals surface area contributed by atoms with E-state index in [1.165, 1.54) is 32.1 Å². The molecule has 0 aromatic rings. The summed E-state index contributed by atoms with van der Waals surface area (Å²) < 4.78 is 0. The summed E-state index contributed by atoms with van der Waals surface area (Å²) in [5.41, 5.74) is -0.0699. The van der Waals surface area contributed by atoms with Gasteiger partial charge in [-0.3, -0.25) is 0 Å². The van der Waals surface area contributed by atoms with Crippen LogP contribution in [0.15, 0.2) is 5.16 Å². The van der Waals surface area contributed by atoms with Gasteiger partial charge in [0.25, 0.3) is 0 Å². The van der Waals surface area contributed by atoms with Crippen molar-refractivity contribution in [3.63, 3.8) is 0 Å². The number of unbranched alkanes of at least 4 members (excludes halogenated alkanes) is 4. The molecule has 0 bridgehead atoms. The van der Waals surface area contributed by atoms with Gasteiger partial charge in [0.2, 0.25) is 0 Å². The molecule has 0 radical (unpaired) electrons. The Morgan fingerprint density at radius 1 is 1.21 bits per heavy atom. The number of hydrogen-bond acceptors (Lipinski definition) is 2. The van der Waals surface area contributed by atoms with Gasteiger partial charge in [0.15, 0.2) is 0 Å². The Morgan fingerprint density at radius 3 is 2.43 bits per heavy atom. The fraction of sp³-hybridized carbons (Fsp3) is 0.909. The minimum absolute atomic E-state index is 0.0699. The number of hydrogen-bond donors (Lipinski definition) is 2. The van der Waals surface area contributed by atoms with Crippen LogP contribution in [-0.2, 0) is 0 Å². The zero-order valence-electron chi connectivity index (χ0n) is 9.79. The molecule has 0 fully saturated rings. The van der Waals surface area contributed by atoms with Crippen LogP contribution in [-0.4, -0.2) is 23.5 Å². The molecule has 0 aromatic heterocycles. The van der Waals surface area contributed by atoms with Crippen molar-refractivity contribution in [2.45, 2.75) is 58.4 Å². The minimum Gasteiger partial charge on any atom is -0.411 e. The van der Waals surface area contributed by atoms with Gasteiger partial charge in [-0.25, -0.2) is 0 Å². The number of nitrogens with two attached hydrogens (primary N) is 1. The number of oxime groups is 1. The first-order valence-electron chi connectivity index (χ1n) is 5.65. The lowest BCUT2D eigenvalue weighted by Crippen LogP contribution is -2.95. The first-order chi connectivity index (χ1) is 6.62. The third-order valence-corrected chi connectivity index (χ3v) is 2.37. The zero-order chi connectivity index (χ0) is 10.9. The highest BCUT2D eigenvalue weighted by Crippen LogP contribution is 2.00. The molecule has 14 heavy (non-hydrogen) atoms. The first-order valence-corrected chi connectivity index (χ1v) is 5.65. The van der Waals surface area contributed by atoms with Crippen LogP contribution in [0.5, 0.6) is 0 Å². The van der Waals surface area contributed by atoms with E-state index in [2.05, 4.69) is 31.2 Å². The van der Waals surface area contributed by atoms with Crippen molar-refractivity contribution in [3.8, 4) is 0 Å². The molecule has 3 nitrogen and oxygen atoms in total. The lowest BCUT2D eigenvalue weighted by atomic mass is 10.1. The van der Waals surface area contributed by atoms with E-state index in [1.54, 1.807) is 6.21 Å². The molecule has 0 aromatic carbocycles. The average molecular weight is 201 g/mol. The second-order valence-electron chi connectivity index (χ2n) is 4.47. The van der Waals surface area contributed by atoms with Crippen LogP contribution in [0.3, 0.4) is 0 Å². The third-order valence-electron chi connectivity index (χ3n) is 2.37. The van der Waals surface area contributed by atoms with E-state index in [4.69, 9.17) is 5.21 Å². The van der Waals surface area contributed by atoms with Crippen LogP contribution >= 0.6 is 0 Å². The molecule has 0 saturated heterocycles. The Bertz CT molecular complexity index is 155. The van der Waals surface area contributed by atoms with Crippen LogP contribution in [0.2, 0.25) is 0 Å². The minimum atomic E-state index is -0.0699. The SMILES string of the molecule is CCCCCCC[NH2+]C(C)(C)C=NO. The molecule has 3 N–H and O–H groups in total. The van der Waals surface area contributed by atoms with Crippen molar-refractivity contribution in [3.05, 3.63) is 0 Å². The topological polar surface area (TPSA) is 49.2 Å². The summed E-state index contributed by atoms with van der Waals surface area (Å²) in [6, 6.07) is 0. The van der Waals surface area contributed by atoms with Crippen LogP contribution in [0, 0.1) is 0 Å². The van der Waals surface area contributed by atoms with Crippen LogP contribution in [0.4, 0.5) is 0 Å². The van der Waals surface area contributed by atoms with Gasteiger partial charge in [-0.05, 0) is 26.7 Å². The Balaban J connectivity index is 3.35. The molecular weight excluding hydrogens is 176 g/mol. The number of nitrogens with zero attached hydrogens (tertiary/aromatic N) is 1. The van der Waals surface area contributed by atoms with Gasteiger partial charge in [0.05, 0.1) is 6.54 Å². The van der Waals surface area contributed by atoms with Gasteiger partial charge >= 0.3 is 0 Å². The van der Waals surface area contributed by atoms with Gasteiger partial charge in [-0.2, -0.15) is 0 Å². The quantitative estimate of drug-likeness (QED) is 0.267. The maximum Gasteiger partial charge on any atom is 0.129 e. The molecule has 0 amide bonds. The van der Waals surface area contributed by atoms with Gasteiger partial charge < -0.3 is 10.5 Å². The van der Waals surface area contributed by atoms with Gasteiger partial charge in [0, 0.05) is 0 Å². The highest BCUT2D eigenvalue weighted by molar-refractivity contribution is 5.65. The second kappa shape index (κ2) is 7.80. The standard InChI is InChI=1S/C11H24N2O/c1-4-5-6-7-8-9-12-11(2,3)10-13-14/h10,12,14H,4-9H2,1-3H3/p+1. The summed E-state index contributed by atoms with van der Waals surface area (Å²) in [4.78, 5) is 0. The van der Waals surface area contributed by atoms with Crippen molar-refractivity contribution in [2.24, 2.45) is 5.16 Å². The first kappa shape index (κ1) is 13.4. The summed E-state index contributed by atoms with van der Waals surface area (Å²) in [5, 5.41) is 13.7. The molecule has 0 rings (SSSR count). The second-order valence-corrected chi connectivity index (χ2v) is 4.47. The zero-order valence-corrected chi connectivity index (χ0v) is 9.79. The largest absolute Gasteiger partial charge is 0.411 e. The van der Waals surface area contributed by atoms with Crippen LogP contribution in [0.1, 0.15) is 52.9 Å². The van der Waals surface area contributed by atoms with E-state index in [9.17, 15) is 0 Å². The molecule has 3 heteroatoms. The molecule has 0 unspecified atom stereocenters. The maximum atomic E-state index is 8.42. The summed E-state index contributed by atoms with van der Waals surface area (Å²) in [6.45, 7) is 7.45. The predicted octanol–water partition coefficient (Wildman–Crippen LogP) is 1.76. The molecule has 0 aliphatic heterocycles. The molecule has 84 valence electrons. The smallest absolute Gasteiger partial charge is 0.129 e. The summed E-state index contributed by atoms with van der Waals surface area (Å²) in [7, 11) is 0. The van der Waals surface area contributed by atoms with Crippen molar-refractivity contribution < 1.29 is 10.5 Å². The molecule has 0 aliphatic carbocycles. The lowest BCUT2D eigenvalue weighted by Gasteiger charge is -2.16. The highest BCUT2D eigenvalue weighted by Gasteiger charge is 2.17. The average Bonchev–Trinajstić information content (AvgIpc) is 2.11. The fourth-order valence-electron chi connectivity index (χ4n) is 1.42. The Hall–Kier alpha value is -0.570. The highest BCUT2D eigenvalue weighted by atomic mass is 16.4. The van der Waals surface area contributed by atoms with Crippen LogP contribution in [0.25, 0.3) is 0 Å². The van der Waals surface area contributed by atoms with E-state index in [1.807, 2.05) is 0 Å². The van der Waals surface area contributed by atoms with E-state index in [-0.39, 0.29) is 5.54 Å². The van der Waals surface area contributed by atoms with Crippen molar-refractivity contribution in [1.29, 1.82) is 0 Å². The molecule has 0 spiro atoms. The monoisotopic (exact) mass is 201 g/mol. The molecule has 0 heterocycles. The van der Waals surface area contributed by atoms with Crippen molar-refractivity contribution in [2.75, 3.05) is 6.54 Å². The Labute approximate surface area is 87.6 Å². The predicted molar refractivity (Wildman–Crippen MR) is 59.9 cm³/mol. The van der Waals surface area contributed by atoms with E-state index >= 15 is 0 Å². The molecular formula is C11H25N2O+. The summed E-state index contributed by atoms with van der Waals surface area (Å²) >= 11 is 0. The normalized spacial score (nSPS) is 12.5. The third kappa shape index (κ3) is 8.05. The molecule has 0 saturated carbocycles. The van der Waals surface area contributed by atoms with E-state index in [0.717, 1.165) is 6.54 Å². The molecule has 0 atom stereocenters. The van der Waals surface area contributed by atoms with Gasteiger partial charge in [-0.15, -0.1) is 0 Å². The summed E-state index contributed by atoms with van der Waals surface area (Å²) in [5.74, 6) is 0. The number of rotatable bonds is 8.